The average molecular weight is 240 g/mol. The Hall–Kier alpha value is -0.570. The Bertz CT molecular complexity index is 228. The largest absolute Gasteiger partial charge is 0.343 e. The maximum absolute atomic E-state index is 12.1. The minimum atomic E-state index is 0.270. The van der Waals surface area contributed by atoms with Crippen molar-refractivity contribution in [3.63, 3.8) is 0 Å². The SMILES string of the molecule is CCC(CC)CC(=O)N1CCC(C(C)N)CC1. The van der Waals surface area contributed by atoms with E-state index in [-0.39, 0.29) is 6.04 Å². The number of nitrogens with zero attached hydrogens (tertiary/aromatic N) is 1. The Morgan fingerprint density at radius 1 is 1.29 bits per heavy atom. The second-order valence-electron chi connectivity index (χ2n) is 5.46. The number of nitrogens with two attached hydrogens (primary N) is 1. The third kappa shape index (κ3) is 4.30. The smallest absolute Gasteiger partial charge is 0.222 e. The Morgan fingerprint density at radius 3 is 2.24 bits per heavy atom. The summed E-state index contributed by atoms with van der Waals surface area (Å²) in [5, 5.41) is 0. The molecule has 1 fully saturated rings. The summed E-state index contributed by atoms with van der Waals surface area (Å²) in [6.45, 7) is 8.23. The van der Waals surface area contributed by atoms with Crippen LogP contribution in [0.25, 0.3) is 0 Å². The van der Waals surface area contributed by atoms with Crippen LogP contribution in [0.15, 0.2) is 0 Å². The van der Waals surface area contributed by atoms with E-state index < -0.39 is 0 Å². The number of hydrogen-bond donors (Lipinski definition) is 1. The first-order chi connectivity index (χ1) is 8.08. The summed E-state index contributed by atoms with van der Waals surface area (Å²) < 4.78 is 0. The zero-order chi connectivity index (χ0) is 12.8. The Balaban J connectivity index is 2.35. The predicted octanol–water partition coefficient (Wildman–Crippen LogP) is 2.40. The lowest BCUT2D eigenvalue weighted by Crippen LogP contribution is -2.42. The Kier molecular flexibility index (Phi) is 5.96. The van der Waals surface area contributed by atoms with Crippen LogP contribution in [0.1, 0.15) is 52.9 Å². The Labute approximate surface area is 106 Å². The summed E-state index contributed by atoms with van der Waals surface area (Å²) >= 11 is 0. The lowest BCUT2D eigenvalue weighted by atomic mass is 9.90. The first-order valence-corrected chi connectivity index (χ1v) is 7.11. The number of hydrogen-bond acceptors (Lipinski definition) is 2. The first-order valence-electron chi connectivity index (χ1n) is 7.11. The third-order valence-corrected chi connectivity index (χ3v) is 4.25. The van der Waals surface area contributed by atoms with E-state index in [0.717, 1.165) is 45.2 Å². The molecule has 1 heterocycles. The van der Waals surface area contributed by atoms with Crippen LogP contribution in [0.5, 0.6) is 0 Å². The molecule has 0 aromatic carbocycles. The van der Waals surface area contributed by atoms with Crippen molar-refractivity contribution in [2.75, 3.05) is 13.1 Å². The molecular weight excluding hydrogens is 212 g/mol. The fraction of sp³-hybridized carbons (Fsp3) is 0.929. The molecule has 1 unspecified atom stereocenters. The molecule has 1 amide bonds. The maximum Gasteiger partial charge on any atom is 0.222 e. The van der Waals surface area contributed by atoms with Crippen LogP contribution in [-0.2, 0) is 4.79 Å². The molecule has 1 aliphatic heterocycles. The highest BCUT2D eigenvalue weighted by atomic mass is 16.2. The van der Waals surface area contributed by atoms with Crippen LogP contribution in [0, 0.1) is 11.8 Å². The van der Waals surface area contributed by atoms with Gasteiger partial charge >= 0.3 is 0 Å². The number of rotatable bonds is 5. The van der Waals surface area contributed by atoms with Crippen LogP contribution >= 0.6 is 0 Å². The molecule has 0 aromatic heterocycles. The number of carbonyl (C=O) groups excluding carboxylic acids is 1. The minimum Gasteiger partial charge on any atom is -0.343 e. The van der Waals surface area contributed by atoms with E-state index >= 15 is 0 Å². The highest BCUT2D eigenvalue weighted by Gasteiger charge is 2.25. The summed E-state index contributed by atoms with van der Waals surface area (Å²) in [4.78, 5) is 14.1. The van der Waals surface area contributed by atoms with Crippen LogP contribution in [0.3, 0.4) is 0 Å². The molecule has 0 bridgehead atoms. The molecule has 0 aromatic rings. The molecule has 1 aliphatic rings. The molecule has 0 radical (unpaired) electrons. The van der Waals surface area contributed by atoms with Gasteiger partial charge in [0.15, 0.2) is 0 Å². The lowest BCUT2D eigenvalue weighted by molar-refractivity contribution is -0.133. The molecule has 3 nitrogen and oxygen atoms in total. The molecule has 0 saturated carbocycles. The van der Waals surface area contributed by atoms with Crippen molar-refractivity contribution in [1.82, 2.24) is 4.90 Å². The first kappa shape index (κ1) is 14.5. The van der Waals surface area contributed by atoms with Gasteiger partial charge in [-0.3, -0.25) is 4.79 Å². The topological polar surface area (TPSA) is 46.3 Å². The van der Waals surface area contributed by atoms with E-state index in [0.29, 0.717) is 17.7 Å². The van der Waals surface area contributed by atoms with Gasteiger partial charge in [0.1, 0.15) is 0 Å². The quantitative estimate of drug-likeness (QED) is 0.802. The summed E-state index contributed by atoms with van der Waals surface area (Å²) in [5.41, 5.74) is 5.91. The number of likely N-dealkylation sites (tertiary alicyclic amines) is 1. The van der Waals surface area contributed by atoms with Gasteiger partial charge in [0.2, 0.25) is 5.91 Å². The van der Waals surface area contributed by atoms with Crippen molar-refractivity contribution >= 4 is 5.91 Å². The van der Waals surface area contributed by atoms with E-state index in [9.17, 15) is 4.79 Å². The fourth-order valence-corrected chi connectivity index (χ4v) is 2.63. The number of carbonyl (C=O) groups is 1. The lowest BCUT2D eigenvalue weighted by Gasteiger charge is -2.34. The van der Waals surface area contributed by atoms with E-state index in [4.69, 9.17) is 5.73 Å². The van der Waals surface area contributed by atoms with Crippen molar-refractivity contribution in [2.24, 2.45) is 17.6 Å². The second kappa shape index (κ2) is 7.00. The molecule has 100 valence electrons. The molecule has 2 N–H and O–H groups in total. The molecule has 0 spiro atoms. The van der Waals surface area contributed by atoms with E-state index in [1.165, 1.54) is 0 Å². The number of piperidine rings is 1. The van der Waals surface area contributed by atoms with E-state index in [1.54, 1.807) is 0 Å². The summed E-state index contributed by atoms with van der Waals surface area (Å²) in [6, 6.07) is 0.270. The van der Waals surface area contributed by atoms with Gasteiger partial charge in [-0.1, -0.05) is 26.7 Å². The second-order valence-corrected chi connectivity index (χ2v) is 5.46. The van der Waals surface area contributed by atoms with Gasteiger partial charge in [-0.25, -0.2) is 0 Å². The van der Waals surface area contributed by atoms with Crippen LogP contribution in [0.2, 0.25) is 0 Å². The van der Waals surface area contributed by atoms with Crippen LogP contribution < -0.4 is 5.73 Å². The number of amides is 1. The van der Waals surface area contributed by atoms with Gasteiger partial charge < -0.3 is 10.6 Å². The normalized spacial score (nSPS) is 19.7. The van der Waals surface area contributed by atoms with Crippen molar-refractivity contribution in [1.29, 1.82) is 0 Å². The van der Waals surface area contributed by atoms with E-state index in [1.807, 2.05) is 4.90 Å². The molecule has 17 heavy (non-hydrogen) atoms. The third-order valence-electron chi connectivity index (χ3n) is 4.25. The van der Waals surface area contributed by atoms with Crippen LogP contribution in [0.4, 0.5) is 0 Å². The van der Waals surface area contributed by atoms with E-state index in [2.05, 4.69) is 20.8 Å². The van der Waals surface area contributed by atoms with Gasteiger partial charge in [-0.2, -0.15) is 0 Å². The molecule has 1 saturated heterocycles. The highest BCUT2D eigenvalue weighted by Crippen LogP contribution is 2.22. The summed E-state index contributed by atoms with van der Waals surface area (Å²) in [5.74, 6) is 1.52. The van der Waals surface area contributed by atoms with Gasteiger partial charge in [0, 0.05) is 25.6 Å². The van der Waals surface area contributed by atoms with Crippen LogP contribution in [-0.4, -0.2) is 29.9 Å². The highest BCUT2D eigenvalue weighted by molar-refractivity contribution is 5.76. The zero-order valence-corrected chi connectivity index (χ0v) is 11.6. The molecular formula is C14H28N2O. The van der Waals surface area contributed by atoms with Crippen molar-refractivity contribution in [2.45, 2.75) is 58.9 Å². The van der Waals surface area contributed by atoms with Crippen molar-refractivity contribution in [3.8, 4) is 0 Å². The molecule has 1 atom stereocenters. The average Bonchev–Trinajstić information content (AvgIpc) is 2.35. The van der Waals surface area contributed by atoms with Gasteiger partial charge in [0.25, 0.3) is 0 Å². The predicted molar refractivity (Wildman–Crippen MR) is 71.6 cm³/mol. The maximum atomic E-state index is 12.1. The van der Waals surface area contributed by atoms with Gasteiger partial charge in [-0.15, -0.1) is 0 Å². The van der Waals surface area contributed by atoms with Gasteiger partial charge in [-0.05, 0) is 31.6 Å². The molecule has 0 aliphatic carbocycles. The minimum absolute atomic E-state index is 0.270. The van der Waals surface area contributed by atoms with Crippen molar-refractivity contribution < 1.29 is 4.79 Å². The fourth-order valence-electron chi connectivity index (χ4n) is 2.63. The van der Waals surface area contributed by atoms with Gasteiger partial charge in [0.05, 0.1) is 0 Å². The standard InChI is InChI=1S/C14H28N2O/c1-4-12(5-2)10-14(17)16-8-6-13(7-9-16)11(3)15/h11-13H,4-10,15H2,1-3H3. The monoisotopic (exact) mass is 240 g/mol. The summed E-state index contributed by atoms with van der Waals surface area (Å²) in [7, 11) is 0. The zero-order valence-electron chi connectivity index (χ0n) is 11.6. The van der Waals surface area contributed by atoms with Crippen molar-refractivity contribution in [3.05, 3.63) is 0 Å². The molecule has 1 rings (SSSR count). The summed E-state index contributed by atoms with van der Waals surface area (Å²) in [6.07, 6.45) is 5.10. The molecule has 3 heteroatoms. The Morgan fingerprint density at radius 2 is 1.82 bits per heavy atom.